The molecule has 4 aromatic rings. The monoisotopic (exact) mass is 312 g/mol. The first-order valence-corrected chi connectivity index (χ1v) is 7.93. The molecule has 0 amide bonds. The van der Waals surface area contributed by atoms with Crippen LogP contribution < -0.4 is 5.43 Å². The molecule has 0 N–H and O–H groups in total. The maximum atomic E-state index is 13.2. The van der Waals surface area contributed by atoms with Gasteiger partial charge < -0.3 is 4.42 Å². The highest BCUT2D eigenvalue weighted by atomic mass is 16.3. The third kappa shape index (κ3) is 2.33. The lowest BCUT2D eigenvalue weighted by Gasteiger charge is -2.12. The van der Waals surface area contributed by atoms with Gasteiger partial charge in [0.1, 0.15) is 11.3 Å². The van der Waals surface area contributed by atoms with Crippen molar-refractivity contribution >= 4 is 11.0 Å². The van der Waals surface area contributed by atoms with Gasteiger partial charge in [0.25, 0.3) is 0 Å². The smallest absolute Gasteiger partial charge is 0.201 e. The summed E-state index contributed by atoms with van der Waals surface area (Å²) in [7, 11) is 0. The van der Waals surface area contributed by atoms with Crippen molar-refractivity contribution in [3.8, 4) is 22.5 Å². The molecule has 0 aliphatic carbocycles. The van der Waals surface area contributed by atoms with Gasteiger partial charge in [-0.15, -0.1) is 0 Å². The Bertz CT molecular complexity index is 1080. The molecular weight excluding hydrogens is 296 g/mol. The fraction of sp³-hybridized carbons (Fsp3) is 0.0455. The Labute approximate surface area is 140 Å². The van der Waals surface area contributed by atoms with E-state index in [2.05, 4.69) is 0 Å². The van der Waals surface area contributed by atoms with E-state index < -0.39 is 0 Å². The first kappa shape index (κ1) is 14.5. The molecule has 0 spiro atoms. The highest BCUT2D eigenvalue weighted by Crippen LogP contribution is 2.33. The van der Waals surface area contributed by atoms with Gasteiger partial charge in [-0.05, 0) is 30.2 Å². The van der Waals surface area contributed by atoms with Gasteiger partial charge in [-0.2, -0.15) is 0 Å². The average Bonchev–Trinajstić information content (AvgIpc) is 2.63. The Morgan fingerprint density at radius 2 is 1.42 bits per heavy atom. The molecule has 0 radical (unpaired) electrons. The molecule has 0 bridgehead atoms. The lowest BCUT2D eigenvalue weighted by molar-refractivity contribution is 0.620. The highest BCUT2D eigenvalue weighted by Gasteiger charge is 2.18. The summed E-state index contributed by atoms with van der Waals surface area (Å²) >= 11 is 0. The van der Waals surface area contributed by atoms with E-state index in [1.165, 1.54) is 0 Å². The van der Waals surface area contributed by atoms with Crippen LogP contribution in [0.25, 0.3) is 33.4 Å². The van der Waals surface area contributed by atoms with E-state index in [0.717, 1.165) is 16.7 Å². The zero-order chi connectivity index (χ0) is 16.5. The molecule has 0 aliphatic heterocycles. The molecule has 1 aromatic heterocycles. The third-order valence-electron chi connectivity index (χ3n) is 4.25. The van der Waals surface area contributed by atoms with E-state index in [4.69, 9.17) is 4.42 Å². The van der Waals surface area contributed by atoms with Gasteiger partial charge in [0.2, 0.25) is 5.43 Å². The van der Waals surface area contributed by atoms with E-state index in [1.807, 2.05) is 85.8 Å². The predicted molar refractivity (Wildman–Crippen MR) is 98.1 cm³/mol. The van der Waals surface area contributed by atoms with Crippen LogP contribution in [-0.2, 0) is 0 Å². The summed E-state index contributed by atoms with van der Waals surface area (Å²) in [5.41, 5.74) is 4.11. The van der Waals surface area contributed by atoms with E-state index >= 15 is 0 Å². The third-order valence-corrected chi connectivity index (χ3v) is 4.25. The van der Waals surface area contributed by atoms with E-state index in [1.54, 1.807) is 0 Å². The van der Waals surface area contributed by atoms with Crippen LogP contribution in [0.5, 0.6) is 0 Å². The van der Waals surface area contributed by atoms with Crippen LogP contribution in [-0.4, -0.2) is 0 Å². The van der Waals surface area contributed by atoms with Crippen LogP contribution in [0.2, 0.25) is 0 Å². The lowest BCUT2D eigenvalue weighted by atomic mass is 9.95. The number of benzene rings is 3. The molecule has 0 saturated carbocycles. The lowest BCUT2D eigenvalue weighted by Crippen LogP contribution is -2.08. The van der Waals surface area contributed by atoms with Crippen molar-refractivity contribution in [3.05, 3.63) is 94.6 Å². The van der Waals surface area contributed by atoms with Crippen LogP contribution in [0.1, 0.15) is 5.56 Å². The normalized spacial score (nSPS) is 10.9. The molecule has 0 fully saturated rings. The molecule has 0 aliphatic rings. The van der Waals surface area contributed by atoms with Gasteiger partial charge >= 0.3 is 0 Å². The maximum Gasteiger partial charge on any atom is 0.201 e. The Kier molecular flexibility index (Phi) is 3.51. The van der Waals surface area contributed by atoms with E-state index in [-0.39, 0.29) is 5.43 Å². The molecular formula is C22H16O2. The van der Waals surface area contributed by atoms with Crippen molar-refractivity contribution in [2.24, 2.45) is 0 Å². The summed E-state index contributed by atoms with van der Waals surface area (Å²) in [5, 5.41) is 0.607. The largest absolute Gasteiger partial charge is 0.455 e. The second-order valence-electron chi connectivity index (χ2n) is 5.81. The van der Waals surface area contributed by atoms with Crippen LogP contribution in [0.15, 0.2) is 88.1 Å². The molecule has 0 saturated heterocycles. The zero-order valence-corrected chi connectivity index (χ0v) is 13.3. The minimum absolute atomic E-state index is 0.00463. The SMILES string of the molecule is Cc1ccccc1-c1c(-c2ccccc2)oc2ccccc2c1=O. The van der Waals surface area contributed by atoms with Crippen molar-refractivity contribution in [2.45, 2.75) is 6.92 Å². The Hall–Kier alpha value is -3.13. The van der Waals surface area contributed by atoms with Crippen LogP contribution in [0.4, 0.5) is 0 Å². The summed E-state index contributed by atoms with van der Waals surface area (Å²) in [5.74, 6) is 0.619. The van der Waals surface area contributed by atoms with E-state index in [0.29, 0.717) is 22.3 Å². The zero-order valence-electron chi connectivity index (χ0n) is 13.3. The number of hydrogen-bond acceptors (Lipinski definition) is 2. The molecule has 3 aromatic carbocycles. The topological polar surface area (TPSA) is 30.2 Å². The van der Waals surface area contributed by atoms with Crippen molar-refractivity contribution < 1.29 is 4.42 Å². The van der Waals surface area contributed by atoms with Crippen molar-refractivity contribution in [3.63, 3.8) is 0 Å². The molecule has 1 heterocycles. The Morgan fingerprint density at radius 1 is 0.750 bits per heavy atom. The first-order chi connectivity index (χ1) is 11.8. The summed E-state index contributed by atoms with van der Waals surface area (Å²) in [6.07, 6.45) is 0. The van der Waals surface area contributed by atoms with Crippen molar-refractivity contribution in [1.82, 2.24) is 0 Å². The average molecular weight is 312 g/mol. The minimum Gasteiger partial charge on any atom is -0.455 e. The maximum absolute atomic E-state index is 13.2. The number of para-hydroxylation sites is 1. The van der Waals surface area contributed by atoms with Crippen molar-refractivity contribution in [1.29, 1.82) is 0 Å². The molecule has 0 unspecified atom stereocenters. The predicted octanol–water partition coefficient (Wildman–Crippen LogP) is 5.44. The van der Waals surface area contributed by atoms with Crippen LogP contribution in [0.3, 0.4) is 0 Å². The second-order valence-corrected chi connectivity index (χ2v) is 5.81. The van der Waals surface area contributed by atoms with Gasteiger partial charge in [-0.25, -0.2) is 0 Å². The summed E-state index contributed by atoms with van der Waals surface area (Å²) in [4.78, 5) is 13.2. The molecule has 24 heavy (non-hydrogen) atoms. The van der Waals surface area contributed by atoms with Gasteiger partial charge in [0.15, 0.2) is 0 Å². The van der Waals surface area contributed by atoms with E-state index in [9.17, 15) is 4.79 Å². The van der Waals surface area contributed by atoms with Crippen molar-refractivity contribution in [2.75, 3.05) is 0 Å². The molecule has 2 heteroatoms. The molecule has 4 rings (SSSR count). The highest BCUT2D eigenvalue weighted by molar-refractivity contribution is 5.89. The summed E-state index contributed by atoms with van der Waals surface area (Å²) in [6.45, 7) is 2.01. The molecule has 116 valence electrons. The molecule has 0 atom stereocenters. The number of hydrogen-bond donors (Lipinski definition) is 0. The number of fused-ring (bicyclic) bond motifs is 1. The standard InChI is InChI=1S/C22H16O2/c1-15-9-5-6-12-17(15)20-21(23)18-13-7-8-14-19(18)24-22(20)16-10-3-2-4-11-16/h2-14H,1H3. The van der Waals surface area contributed by atoms with Gasteiger partial charge in [-0.1, -0.05) is 66.7 Å². The fourth-order valence-corrected chi connectivity index (χ4v) is 3.03. The Balaban J connectivity index is 2.16. The van der Waals surface area contributed by atoms with Crippen LogP contribution >= 0.6 is 0 Å². The first-order valence-electron chi connectivity index (χ1n) is 7.93. The second kappa shape index (κ2) is 5.82. The number of rotatable bonds is 2. The van der Waals surface area contributed by atoms with Crippen LogP contribution in [0, 0.1) is 6.92 Å². The number of aryl methyl sites for hydroxylation is 1. The van der Waals surface area contributed by atoms with Gasteiger partial charge in [-0.3, -0.25) is 4.79 Å². The van der Waals surface area contributed by atoms with Gasteiger partial charge in [0.05, 0.1) is 10.9 Å². The minimum atomic E-state index is 0.00463. The summed E-state index contributed by atoms with van der Waals surface area (Å²) in [6, 6.07) is 25.1. The Morgan fingerprint density at radius 3 is 2.21 bits per heavy atom. The van der Waals surface area contributed by atoms with Gasteiger partial charge in [0, 0.05) is 5.56 Å². The summed E-state index contributed by atoms with van der Waals surface area (Å²) < 4.78 is 6.17. The quantitative estimate of drug-likeness (QED) is 0.493. The fourth-order valence-electron chi connectivity index (χ4n) is 3.03. The molecule has 2 nitrogen and oxygen atoms in total.